The fraction of sp³-hybridized carbons (Fsp3) is 0.375. The Bertz CT molecular complexity index is 939. The zero-order valence-corrected chi connectivity index (χ0v) is 18.1. The third kappa shape index (κ3) is 5.01. The third-order valence-electron chi connectivity index (χ3n) is 5.66. The summed E-state index contributed by atoms with van der Waals surface area (Å²) in [5, 5.41) is 2.11. The molecule has 0 radical (unpaired) electrons. The maximum Gasteiger partial charge on any atom is 0.293 e. The van der Waals surface area contributed by atoms with Gasteiger partial charge in [0.1, 0.15) is 0 Å². The molecule has 0 aliphatic carbocycles. The Morgan fingerprint density at radius 1 is 1.28 bits per heavy atom. The van der Waals surface area contributed by atoms with Crippen molar-refractivity contribution in [2.75, 3.05) is 20.2 Å². The fourth-order valence-corrected chi connectivity index (χ4v) is 4.25. The maximum absolute atomic E-state index is 9.18. The van der Waals surface area contributed by atoms with Crippen LogP contribution in [-0.2, 0) is 16.0 Å². The predicted octanol–water partition coefficient (Wildman–Crippen LogP) is 5.72. The second kappa shape index (κ2) is 9.95. The standard InChI is InChI=1S/C21H23ClN2.C3H6O2/c1-14(15-6-4-3-5-7-15)12-20-21-17(10-11-24(20)2)18-13-16(22)8-9-19(18)23-21;1-2-5-3-4/h3-9,13-14,20,23H,10-12H2,1-2H3;3H,2H2,1H3. The van der Waals surface area contributed by atoms with Crippen LogP contribution in [0.4, 0.5) is 0 Å². The molecule has 2 atom stereocenters. The zero-order valence-electron chi connectivity index (χ0n) is 17.3. The first kappa shape index (κ1) is 21.4. The number of fused-ring (bicyclic) bond motifs is 3. The predicted molar refractivity (Wildman–Crippen MR) is 120 cm³/mol. The molecule has 3 aromatic rings. The molecular weight excluding hydrogens is 384 g/mol. The lowest BCUT2D eigenvalue weighted by molar-refractivity contribution is -0.128. The van der Waals surface area contributed by atoms with Gasteiger partial charge in [0, 0.05) is 28.2 Å². The normalized spacial score (nSPS) is 17.2. The number of rotatable bonds is 5. The number of nitrogens with one attached hydrogen (secondary N) is 1. The van der Waals surface area contributed by atoms with Crippen molar-refractivity contribution >= 4 is 29.0 Å². The van der Waals surface area contributed by atoms with Crippen LogP contribution >= 0.6 is 11.6 Å². The molecule has 1 aromatic heterocycles. The molecule has 1 N–H and O–H groups in total. The van der Waals surface area contributed by atoms with Crippen molar-refractivity contribution in [3.8, 4) is 0 Å². The van der Waals surface area contributed by atoms with Crippen LogP contribution in [0.3, 0.4) is 0 Å². The molecule has 0 spiro atoms. The smallest absolute Gasteiger partial charge is 0.293 e. The van der Waals surface area contributed by atoms with Crippen molar-refractivity contribution in [3.05, 3.63) is 70.4 Å². The summed E-state index contributed by atoms with van der Waals surface area (Å²) in [5.41, 5.74) is 5.45. The van der Waals surface area contributed by atoms with Crippen molar-refractivity contribution in [1.82, 2.24) is 9.88 Å². The van der Waals surface area contributed by atoms with Gasteiger partial charge in [0.15, 0.2) is 0 Å². The van der Waals surface area contributed by atoms with Crippen molar-refractivity contribution in [2.24, 2.45) is 0 Å². The van der Waals surface area contributed by atoms with E-state index in [0.717, 1.165) is 24.4 Å². The van der Waals surface area contributed by atoms with Gasteiger partial charge in [-0.3, -0.25) is 9.69 Å². The fourth-order valence-electron chi connectivity index (χ4n) is 4.08. The number of aromatic nitrogens is 1. The number of ether oxygens (including phenoxy) is 1. The lowest BCUT2D eigenvalue weighted by Crippen LogP contribution is -2.32. The molecule has 1 aliphatic rings. The van der Waals surface area contributed by atoms with E-state index in [1.165, 1.54) is 27.7 Å². The van der Waals surface area contributed by atoms with Crippen LogP contribution in [0.25, 0.3) is 10.9 Å². The molecule has 2 aromatic carbocycles. The van der Waals surface area contributed by atoms with Gasteiger partial charge in [-0.05, 0) is 62.1 Å². The molecular formula is C24H29ClN2O2. The highest BCUT2D eigenvalue weighted by molar-refractivity contribution is 6.31. The largest absolute Gasteiger partial charge is 0.468 e. The lowest BCUT2D eigenvalue weighted by Gasteiger charge is -2.34. The van der Waals surface area contributed by atoms with Crippen LogP contribution in [0.1, 0.15) is 49.0 Å². The zero-order chi connectivity index (χ0) is 20.8. The first-order valence-electron chi connectivity index (χ1n) is 10.2. The monoisotopic (exact) mass is 412 g/mol. The number of nitrogens with zero attached hydrogens (tertiary/aromatic N) is 1. The minimum Gasteiger partial charge on any atom is -0.468 e. The summed E-state index contributed by atoms with van der Waals surface area (Å²) in [6.45, 7) is 6.09. The number of halogens is 1. The van der Waals surface area contributed by atoms with Crippen LogP contribution in [-0.4, -0.2) is 36.6 Å². The Morgan fingerprint density at radius 2 is 2.03 bits per heavy atom. The number of aromatic amines is 1. The van der Waals surface area contributed by atoms with Gasteiger partial charge in [-0.25, -0.2) is 0 Å². The average molecular weight is 413 g/mol. The molecule has 2 heterocycles. The Labute approximate surface area is 177 Å². The number of likely N-dealkylation sites (N-methyl/N-ethyl adjacent to an activating group) is 1. The number of carbonyl (C=O) groups is 1. The first-order chi connectivity index (χ1) is 14.0. The van der Waals surface area contributed by atoms with Gasteiger partial charge in [-0.1, -0.05) is 48.9 Å². The van der Waals surface area contributed by atoms with Gasteiger partial charge in [0.25, 0.3) is 6.47 Å². The van der Waals surface area contributed by atoms with Gasteiger partial charge in [0.2, 0.25) is 0 Å². The van der Waals surface area contributed by atoms with Gasteiger partial charge in [0.05, 0.1) is 12.6 Å². The second-order valence-electron chi connectivity index (χ2n) is 7.55. The van der Waals surface area contributed by atoms with E-state index in [4.69, 9.17) is 11.6 Å². The first-order valence-corrected chi connectivity index (χ1v) is 10.5. The van der Waals surface area contributed by atoms with Crippen molar-refractivity contribution in [2.45, 2.75) is 38.6 Å². The molecule has 5 heteroatoms. The molecule has 1 aliphatic heterocycles. The summed E-state index contributed by atoms with van der Waals surface area (Å²) in [6, 6.07) is 17.4. The molecule has 0 saturated heterocycles. The molecule has 0 bridgehead atoms. The second-order valence-corrected chi connectivity index (χ2v) is 7.99. The summed E-state index contributed by atoms with van der Waals surface area (Å²) < 4.78 is 4.15. The van der Waals surface area contributed by atoms with E-state index in [1.54, 1.807) is 6.92 Å². The van der Waals surface area contributed by atoms with E-state index < -0.39 is 0 Å². The molecule has 4 nitrogen and oxygen atoms in total. The molecule has 0 amide bonds. The van der Waals surface area contributed by atoms with Crippen molar-refractivity contribution in [3.63, 3.8) is 0 Å². The van der Waals surface area contributed by atoms with Gasteiger partial charge >= 0.3 is 0 Å². The van der Waals surface area contributed by atoms with Gasteiger partial charge in [-0.15, -0.1) is 0 Å². The number of H-pyrrole nitrogens is 1. The Hall–Kier alpha value is -2.30. The number of benzene rings is 2. The molecule has 4 rings (SSSR count). The third-order valence-corrected chi connectivity index (χ3v) is 5.90. The van der Waals surface area contributed by atoms with E-state index in [0.29, 0.717) is 25.0 Å². The summed E-state index contributed by atoms with van der Waals surface area (Å²) in [6.07, 6.45) is 2.20. The molecule has 2 unspecified atom stereocenters. The highest BCUT2D eigenvalue weighted by atomic mass is 35.5. The lowest BCUT2D eigenvalue weighted by atomic mass is 9.88. The van der Waals surface area contributed by atoms with Gasteiger partial charge in [-0.2, -0.15) is 0 Å². The maximum atomic E-state index is 9.18. The topological polar surface area (TPSA) is 45.3 Å². The minimum atomic E-state index is 0.426. The van der Waals surface area contributed by atoms with Crippen LogP contribution in [0.15, 0.2) is 48.5 Å². The quantitative estimate of drug-likeness (QED) is 0.545. The SMILES string of the molecule is CC(CC1c2[nH]c3ccc(Cl)cc3c2CCN1C)c1ccccc1.CCOC=O. The number of hydrogen-bond acceptors (Lipinski definition) is 3. The summed E-state index contributed by atoms with van der Waals surface area (Å²) in [4.78, 5) is 15.3. The molecule has 0 saturated carbocycles. The summed E-state index contributed by atoms with van der Waals surface area (Å²) in [7, 11) is 2.24. The molecule has 0 fully saturated rings. The van der Waals surface area contributed by atoms with Crippen LogP contribution in [0.2, 0.25) is 5.02 Å². The number of carbonyl (C=O) groups excluding carboxylic acids is 1. The average Bonchev–Trinajstić information content (AvgIpc) is 3.10. The van der Waals surface area contributed by atoms with E-state index in [2.05, 4.69) is 71.1 Å². The van der Waals surface area contributed by atoms with Crippen LogP contribution < -0.4 is 0 Å². The van der Waals surface area contributed by atoms with Crippen molar-refractivity contribution in [1.29, 1.82) is 0 Å². The van der Waals surface area contributed by atoms with E-state index in [1.807, 2.05) is 6.07 Å². The van der Waals surface area contributed by atoms with Crippen LogP contribution in [0, 0.1) is 0 Å². The van der Waals surface area contributed by atoms with E-state index in [-0.39, 0.29) is 0 Å². The highest BCUT2D eigenvalue weighted by Gasteiger charge is 2.29. The van der Waals surface area contributed by atoms with Crippen molar-refractivity contribution < 1.29 is 9.53 Å². The minimum absolute atomic E-state index is 0.426. The Kier molecular flexibility index (Phi) is 7.34. The number of hydrogen-bond donors (Lipinski definition) is 1. The molecule has 29 heavy (non-hydrogen) atoms. The van der Waals surface area contributed by atoms with Gasteiger partial charge < -0.3 is 9.72 Å². The van der Waals surface area contributed by atoms with E-state index in [9.17, 15) is 4.79 Å². The van der Waals surface area contributed by atoms with E-state index >= 15 is 0 Å². The van der Waals surface area contributed by atoms with Crippen LogP contribution in [0.5, 0.6) is 0 Å². The molecule has 154 valence electrons. The Balaban J connectivity index is 0.000000431. The summed E-state index contributed by atoms with van der Waals surface area (Å²) in [5.74, 6) is 0.527. The summed E-state index contributed by atoms with van der Waals surface area (Å²) >= 11 is 6.22. The Morgan fingerprint density at radius 3 is 2.69 bits per heavy atom. The highest BCUT2D eigenvalue weighted by Crippen LogP contribution is 2.39.